The van der Waals surface area contributed by atoms with Crippen LogP contribution in [0.1, 0.15) is 129 Å². The number of hydrogen-bond acceptors (Lipinski definition) is 2. The molecule has 2 nitrogen and oxygen atoms in total. The Labute approximate surface area is 199 Å². The Balaban J connectivity index is 2.39. The van der Waals surface area contributed by atoms with Crippen LogP contribution >= 0.6 is 0 Å². The summed E-state index contributed by atoms with van der Waals surface area (Å²) >= 11 is 0. The van der Waals surface area contributed by atoms with Crippen molar-refractivity contribution in [2.24, 2.45) is 16.8 Å². The number of isocyanates is 1. The Morgan fingerprint density at radius 1 is 0.844 bits per heavy atom. The molecule has 1 aliphatic carbocycles. The standard InChI is InChI=1S/C30H51NO/c1-3-5-7-12-17-21-29-24-23-28(26-30(29)22-18-13-8-6-4-2)20-16-14-10-9-11-15-19-25-31-27-32/h17-18,21-22,26,28-29H,3-16,19-20,23-25H2,1-2H3. The number of unbranched alkanes of at least 4 members (excludes halogenated alkanes) is 12. The Hall–Kier alpha value is -1.40. The minimum Gasteiger partial charge on any atom is -0.211 e. The Bertz CT molecular complexity index is 567. The summed E-state index contributed by atoms with van der Waals surface area (Å²) < 4.78 is 0. The highest BCUT2D eigenvalue weighted by atomic mass is 16.1. The summed E-state index contributed by atoms with van der Waals surface area (Å²) in [7, 11) is 0. The van der Waals surface area contributed by atoms with Gasteiger partial charge in [-0.25, -0.2) is 9.79 Å². The monoisotopic (exact) mass is 441 g/mol. The van der Waals surface area contributed by atoms with Crippen molar-refractivity contribution in [3.63, 3.8) is 0 Å². The minimum absolute atomic E-state index is 0.638. The van der Waals surface area contributed by atoms with Crippen LogP contribution in [0.25, 0.3) is 0 Å². The van der Waals surface area contributed by atoms with Crippen LogP contribution in [0.5, 0.6) is 0 Å². The molecule has 0 saturated carbocycles. The van der Waals surface area contributed by atoms with Crippen LogP contribution in [0.3, 0.4) is 0 Å². The fraction of sp³-hybridized carbons (Fsp3) is 0.767. The second kappa shape index (κ2) is 21.4. The summed E-state index contributed by atoms with van der Waals surface area (Å²) in [4.78, 5) is 13.7. The van der Waals surface area contributed by atoms with Crippen LogP contribution in [0.15, 0.2) is 40.9 Å². The van der Waals surface area contributed by atoms with E-state index in [9.17, 15) is 4.79 Å². The molecular weight excluding hydrogens is 390 g/mol. The summed E-state index contributed by atoms with van der Waals surface area (Å²) in [6.07, 6.45) is 37.4. The van der Waals surface area contributed by atoms with Crippen LogP contribution in [0.2, 0.25) is 0 Å². The van der Waals surface area contributed by atoms with Gasteiger partial charge in [0.15, 0.2) is 0 Å². The van der Waals surface area contributed by atoms with Crippen LogP contribution in [-0.4, -0.2) is 12.6 Å². The first kappa shape index (κ1) is 28.6. The van der Waals surface area contributed by atoms with E-state index in [1.165, 1.54) is 109 Å². The Morgan fingerprint density at radius 2 is 1.50 bits per heavy atom. The molecule has 32 heavy (non-hydrogen) atoms. The van der Waals surface area contributed by atoms with Crippen molar-refractivity contribution in [3.05, 3.63) is 36.0 Å². The van der Waals surface area contributed by atoms with E-state index in [0.717, 1.165) is 12.3 Å². The lowest BCUT2D eigenvalue weighted by atomic mass is 9.79. The topological polar surface area (TPSA) is 29.4 Å². The SMILES string of the molecule is CCCCCC=CC1=CC(CCCCCCCCCN=C=O)CCC1C=CCCCCC. The predicted octanol–water partition coefficient (Wildman–Crippen LogP) is 9.67. The molecule has 0 fully saturated rings. The number of nitrogens with zero attached hydrogens (tertiary/aromatic N) is 1. The fourth-order valence-electron chi connectivity index (χ4n) is 4.68. The predicted molar refractivity (Wildman–Crippen MR) is 141 cm³/mol. The van der Waals surface area contributed by atoms with Crippen molar-refractivity contribution in [2.45, 2.75) is 129 Å². The molecule has 1 aliphatic rings. The van der Waals surface area contributed by atoms with Gasteiger partial charge in [-0.3, -0.25) is 0 Å². The molecule has 1 rings (SSSR count). The number of allylic oxidation sites excluding steroid dienone is 6. The van der Waals surface area contributed by atoms with E-state index in [0.29, 0.717) is 12.5 Å². The molecular formula is C30H51NO. The molecule has 0 bridgehead atoms. The molecule has 0 radical (unpaired) electrons. The minimum atomic E-state index is 0.638. The van der Waals surface area contributed by atoms with Gasteiger partial charge in [0.25, 0.3) is 0 Å². The lowest BCUT2D eigenvalue weighted by Crippen LogP contribution is -2.12. The van der Waals surface area contributed by atoms with Crippen molar-refractivity contribution in [1.82, 2.24) is 0 Å². The van der Waals surface area contributed by atoms with Gasteiger partial charge in [0, 0.05) is 5.92 Å². The molecule has 0 amide bonds. The van der Waals surface area contributed by atoms with Gasteiger partial charge >= 0.3 is 0 Å². The van der Waals surface area contributed by atoms with Gasteiger partial charge in [0.05, 0.1) is 6.54 Å². The van der Waals surface area contributed by atoms with Crippen molar-refractivity contribution in [2.75, 3.05) is 6.54 Å². The average Bonchev–Trinajstić information content (AvgIpc) is 2.81. The highest BCUT2D eigenvalue weighted by molar-refractivity contribution is 5.32. The molecule has 0 aromatic rings. The van der Waals surface area contributed by atoms with E-state index in [2.05, 4.69) is 49.2 Å². The van der Waals surface area contributed by atoms with Crippen molar-refractivity contribution < 1.29 is 4.79 Å². The van der Waals surface area contributed by atoms with Crippen LogP contribution in [0, 0.1) is 11.8 Å². The van der Waals surface area contributed by atoms with E-state index < -0.39 is 0 Å². The van der Waals surface area contributed by atoms with Gasteiger partial charge in [-0.1, -0.05) is 108 Å². The highest BCUT2D eigenvalue weighted by Crippen LogP contribution is 2.33. The van der Waals surface area contributed by atoms with E-state index in [4.69, 9.17) is 0 Å². The molecule has 0 aromatic heterocycles. The van der Waals surface area contributed by atoms with E-state index in [1.54, 1.807) is 11.7 Å². The van der Waals surface area contributed by atoms with Gasteiger partial charge in [-0.15, -0.1) is 0 Å². The molecule has 0 heterocycles. The second-order valence-corrected chi connectivity index (χ2v) is 9.67. The summed E-state index contributed by atoms with van der Waals surface area (Å²) in [6, 6.07) is 0. The molecule has 0 aromatic carbocycles. The smallest absolute Gasteiger partial charge is 0.211 e. The molecule has 2 atom stereocenters. The van der Waals surface area contributed by atoms with E-state index in [1.807, 2.05) is 0 Å². The highest BCUT2D eigenvalue weighted by Gasteiger charge is 2.19. The van der Waals surface area contributed by atoms with Gasteiger partial charge in [-0.2, -0.15) is 0 Å². The first-order valence-corrected chi connectivity index (χ1v) is 13.9. The number of carbonyl (C=O) groups excluding carboxylic acids is 1. The molecule has 0 spiro atoms. The average molecular weight is 442 g/mol. The van der Waals surface area contributed by atoms with Crippen LogP contribution in [-0.2, 0) is 4.79 Å². The second-order valence-electron chi connectivity index (χ2n) is 9.67. The van der Waals surface area contributed by atoms with Gasteiger partial charge in [0.1, 0.15) is 0 Å². The zero-order valence-corrected chi connectivity index (χ0v) is 21.3. The Morgan fingerprint density at radius 3 is 2.19 bits per heavy atom. The van der Waals surface area contributed by atoms with Crippen LogP contribution in [0.4, 0.5) is 0 Å². The molecule has 2 unspecified atom stereocenters. The number of hydrogen-bond donors (Lipinski definition) is 0. The number of rotatable bonds is 20. The summed E-state index contributed by atoms with van der Waals surface area (Å²) in [5.74, 6) is 1.41. The zero-order chi connectivity index (χ0) is 23.1. The lowest BCUT2D eigenvalue weighted by molar-refractivity contribution is 0.437. The van der Waals surface area contributed by atoms with Crippen molar-refractivity contribution in [3.8, 4) is 0 Å². The maximum atomic E-state index is 10.0. The van der Waals surface area contributed by atoms with Crippen LogP contribution < -0.4 is 0 Å². The largest absolute Gasteiger partial charge is 0.234 e. The third-order valence-electron chi connectivity index (χ3n) is 6.74. The normalized spacial score (nSPS) is 18.9. The maximum Gasteiger partial charge on any atom is 0.234 e. The molecule has 2 heteroatoms. The van der Waals surface area contributed by atoms with Crippen molar-refractivity contribution >= 4 is 6.08 Å². The van der Waals surface area contributed by atoms with E-state index in [-0.39, 0.29) is 0 Å². The third-order valence-corrected chi connectivity index (χ3v) is 6.74. The quantitative estimate of drug-likeness (QED) is 0.0800. The fourth-order valence-corrected chi connectivity index (χ4v) is 4.68. The first-order chi connectivity index (χ1) is 15.8. The first-order valence-electron chi connectivity index (χ1n) is 13.9. The Kier molecular flexibility index (Phi) is 19.2. The van der Waals surface area contributed by atoms with Gasteiger partial charge in [-0.05, 0) is 62.9 Å². The molecule has 0 aliphatic heterocycles. The molecule has 0 saturated heterocycles. The van der Waals surface area contributed by atoms with Crippen molar-refractivity contribution in [1.29, 1.82) is 0 Å². The summed E-state index contributed by atoms with van der Waals surface area (Å²) in [5.41, 5.74) is 1.59. The third kappa shape index (κ3) is 15.4. The lowest BCUT2D eigenvalue weighted by Gasteiger charge is -2.26. The maximum absolute atomic E-state index is 10.0. The van der Waals surface area contributed by atoms with E-state index >= 15 is 0 Å². The van der Waals surface area contributed by atoms with Gasteiger partial charge < -0.3 is 0 Å². The molecule has 0 N–H and O–H groups in total. The number of aliphatic imine (C=N–C) groups is 1. The zero-order valence-electron chi connectivity index (χ0n) is 21.3. The summed E-state index contributed by atoms with van der Waals surface area (Å²) in [5, 5.41) is 0. The summed E-state index contributed by atoms with van der Waals surface area (Å²) in [6.45, 7) is 5.22. The van der Waals surface area contributed by atoms with Gasteiger partial charge in [0.2, 0.25) is 6.08 Å². The molecule has 182 valence electrons.